The zero-order chi connectivity index (χ0) is 18.9. The van der Waals surface area contributed by atoms with Crippen molar-refractivity contribution in [2.24, 2.45) is 0 Å². The topological polar surface area (TPSA) is 65.4 Å². The number of ether oxygens (including phenoxy) is 2. The molecule has 6 heteroatoms. The number of fused-ring (bicyclic) bond motifs is 2. The number of rotatable bonds is 4. The van der Waals surface area contributed by atoms with Crippen molar-refractivity contribution in [3.05, 3.63) is 84.2 Å². The molecule has 1 amide bonds. The third-order valence-electron chi connectivity index (χ3n) is 4.73. The summed E-state index contributed by atoms with van der Waals surface area (Å²) >= 11 is 0. The lowest BCUT2D eigenvalue weighted by molar-refractivity contribution is 0.0951. The largest absolute Gasteiger partial charge is 0.454 e. The second-order valence-electron chi connectivity index (χ2n) is 6.52. The molecule has 1 N–H and O–H groups in total. The SMILES string of the molecule is O=C(NCc1ccc2c(c1)OCO2)c1ccc2c(c1)ncn2-c1ccccc1. The smallest absolute Gasteiger partial charge is 0.251 e. The van der Waals surface area contributed by atoms with Gasteiger partial charge in [-0.1, -0.05) is 24.3 Å². The number of imidazole rings is 1. The molecule has 0 radical (unpaired) electrons. The first-order valence-corrected chi connectivity index (χ1v) is 8.97. The van der Waals surface area contributed by atoms with E-state index in [1.165, 1.54) is 0 Å². The highest BCUT2D eigenvalue weighted by Gasteiger charge is 2.14. The van der Waals surface area contributed by atoms with E-state index >= 15 is 0 Å². The van der Waals surface area contributed by atoms with Crippen LogP contribution in [0.2, 0.25) is 0 Å². The summed E-state index contributed by atoms with van der Waals surface area (Å²) < 4.78 is 12.7. The zero-order valence-electron chi connectivity index (χ0n) is 15.0. The Hall–Kier alpha value is -3.80. The van der Waals surface area contributed by atoms with Crippen LogP contribution in [0.25, 0.3) is 16.7 Å². The van der Waals surface area contributed by atoms with Gasteiger partial charge in [0.05, 0.1) is 11.0 Å². The van der Waals surface area contributed by atoms with Gasteiger partial charge in [-0.05, 0) is 48.0 Å². The third-order valence-corrected chi connectivity index (χ3v) is 4.73. The first-order chi connectivity index (χ1) is 13.8. The summed E-state index contributed by atoms with van der Waals surface area (Å²) in [6.07, 6.45) is 1.77. The third kappa shape index (κ3) is 2.95. The molecule has 5 rings (SSSR count). The lowest BCUT2D eigenvalue weighted by Crippen LogP contribution is -2.22. The molecule has 0 bridgehead atoms. The van der Waals surface area contributed by atoms with Crippen molar-refractivity contribution in [1.82, 2.24) is 14.9 Å². The molecule has 138 valence electrons. The number of benzene rings is 3. The molecule has 0 saturated heterocycles. The van der Waals surface area contributed by atoms with Gasteiger partial charge < -0.3 is 14.8 Å². The molecule has 0 atom stereocenters. The Kier molecular flexibility index (Phi) is 3.94. The van der Waals surface area contributed by atoms with Gasteiger partial charge in [-0.25, -0.2) is 4.98 Å². The minimum absolute atomic E-state index is 0.145. The molecule has 0 saturated carbocycles. The molecule has 0 unspecified atom stereocenters. The molecule has 1 aliphatic heterocycles. The fourth-order valence-electron chi connectivity index (χ4n) is 3.28. The van der Waals surface area contributed by atoms with Gasteiger partial charge >= 0.3 is 0 Å². The second kappa shape index (κ2) is 6.74. The van der Waals surface area contributed by atoms with E-state index in [2.05, 4.69) is 10.3 Å². The van der Waals surface area contributed by atoms with E-state index in [1.807, 2.05) is 71.3 Å². The summed E-state index contributed by atoms with van der Waals surface area (Å²) in [6, 6.07) is 21.2. The Morgan fingerprint density at radius 1 is 1.00 bits per heavy atom. The first kappa shape index (κ1) is 16.4. The van der Waals surface area contributed by atoms with Crippen LogP contribution in [0.1, 0.15) is 15.9 Å². The molecule has 3 aromatic carbocycles. The average molecular weight is 371 g/mol. The molecule has 0 aliphatic carbocycles. The number of carbonyl (C=O) groups is 1. The predicted octanol–water partition coefficient (Wildman–Crippen LogP) is 3.68. The summed E-state index contributed by atoms with van der Waals surface area (Å²) in [5.41, 5.74) is 4.29. The molecule has 6 nitrogen and oxygen atoms in total. The maximum atomic E-state index is 12.6. The molecule has 1 aromatic heterocycles. The van der Waals surface area contributed by atoms with Crippen LogP contribution >= 0.6 is 0 Å². The van der Waals surface area contributed by atoms with Crippen LogP contribution in [0.3, 0.4) is 0 Å². The maximum absolute atomic E-state index is 12.6. The van der Waals surface area contributed by atoms with Crippen molar-refractivity contribution in [1.29, 1.82) is 0 Å². The molecule has 28 heavy (non-hydrogen) atoms. The van der Waals surface area contributed by atoms with Gasteiger partial charge in [0.15, 0.2) is 11.5 Å². The summed E-state index contributed by atoms with van der Waals surface area (Å²) in [7, 11) is 0. The Balaban J connectivity index is 1.34. The van der Waals surface area contributed by atoms with E-state index in [-0.39, 0.29) is 12.7 Å². The fourth-order valence-corrected chi connectivity index (χ4v) is 3.28. The molecule has 1 aliphatic rings. The van der Waals surface area contributed by atoms with Crippen LogP contribution in [0.5, 0.6) is 11.5 Å². The maximum Gasteiger partial charge on any atom is 0.251 e. The number of hydrogen-bond donors (Lipinski definition) is 1. The zero-order valence-corrected chi connectivity index (χ0v) is 15.0. The molecule has 2 heterocycles. The number of carbonyl (C=O) groups excluding carboxylic acids is 1. The van der Waals surface area contributed by atoms with E-state index in [0.29, 0.717) is 17.9 Å². The van der Waals surface area contributed by atoms with Crippen LogP contribution in [-0.4, -0.2) is 22.3 Å². The van der Waals surface area contributed by atoms with Gasteiger partial charge in [0.2, 0.25) is 6.79 Å². The quantitative estimate of drug-likeness (QED) is 0.594. The van der Waals surface area contributed by atoms with Crippen LogP contribution < -0.4 is 14.8 Å². The second-order valence-corrected chi connectivity index (χ2v) is 6.52. The highest BCUT2D eigenvalue weighted by Crippen LogP contribution is 2.32. The predicted molar refractivity (Wildman–Crippen MR) is 105 cm³/mol. The Morgan fingerprint density at radius 2 is 1.86 bits per heavy atom. The normalized spacial score (nSPS) is 12.3. The standard InChI is InChI=1S/C22H17N3O3/c26-22(23-12-15-6-9-20-21(10-15)28-14-27-20)16-7-8-19-18(11-16)24-13-25(19)17-4-2-1-3-5-17/h1-11,13H,12,14H2,(H,23,26). The van der Waals surface area contributed by atoms with E-state index < -0.39 is 0 Å². The summed E-state index contributed by atoms with van der Waals surface area (Å²) in [5, 5.41) is 2.94. The highest BCUT2D eigenvalue weighted by molar-refractivity contribution is 5.97. The van der Waals surface area contributed by atoms with Crippen LogP contribution in [0.4, 0.5) is 0 Å². The van der Waals surface area contributed by atoms with Crippen molar-refractivity contribution >= 4 is 16.9 Å². The molecule has 0 spiro atoms. The van der Waals surface area contributed by atoms with Gasteiger partial charge in [-0.2, -0.15) is 0 Å². The molecular weight excluding hydrogens is 354 g/mol. The van der Waals surface area contributed by atoms with E-state index in [0.717, 1.165) is 28.0 Å². The van der Waals surface area contributed by atoms with Crippen LogP contribution in [0, 0.1) is 0 Å². The van der Waals surface area contributed by atoms with Gasteiger partial charge in [0.1, 0.15) is 6.33 Å². The monoisotopic (exact) mass is 371 g/mol. The number of amides is 1. The molecular formula is C22H17N3O3. The summed E-state index contributed by atoms with van der Waals surface area (Å²) in [6.45, 7) is 0.646. The number of hydrogen-bond acceptors (Lipinski definition) is 4. The summed E-state index contributed by atoms with van der Waals surface area (Å²) in [4.78, 5) is 17.0. The number of nitrogens with one attached hydrogen (secondary N) is 1. The van der Waals surface area contributed by atoms with Crippen molar-refractivity contribution in [3.63, 3.8) is 0 Å². The Labute approximate surface area is 161 Å². The van der Waals surface area contributed by atoms with E-state index in [4.69, 9.17) is 9.47 Å². The lowest BCUT2D eigenvalue weighted by Gasteiger charge is -2.07. The number of para-hydroxylation sites is 1. The van der Waals surface area contributed by atoms with E-state index in [1.54, 1.807) is 6.33 Å². The van der Waals surface area contributed by atoms with Gasteiger partial charge in [0.25, 0.3) is 5.91 Å². The van der Waals surface area contributed by atoms with Gasteiger partial charge in [0, 0.05) is 17.8 Å². The highest BCUT2D eigenvalue weighted by atomic mass is 16.7. The minimum atomic E-state index is -0.145. The van der Waals surface area contributed by atoms with Crippen molar-refractivity contribution in [3.8, 4) is 17.2 Å². The van der Waals surface area contributed by atoms with Crippen LogP contribution in [0.15, 0.2) is 73.1 Å². The molecule has 4 aromatic rings. The van der Waals surface area contributed by atoms with Gasteiger partial charge in [-0.15, -0.1) is 0 Å². The van der Waals surface area contributed by atoms with Crippen molar-refractivity contribution in [2.75, 3.05) is 6.79 Å². The lowest BCUT2D eigenvalue weighted by atomic mass is 10.1. The fraction of sp³-hybridized carbons (Fsp3) is 0.0909. The summed E-state index contributed by atoms with van der Waals surface area (Å²) in [5.74, 6) is 1.29. The Bertz CT molecular complexity index is 1170. The minimum Gasteiger partial charge on any atom is -0.454 e. The first-order valence-electron chi connectivity index (χ1n) is 8.97. The van der Waals surface area contributed by atoms with Crippen LogP contribution in [-0.2, 0) is 6.54 Å². The number of nitrogens with zero attached hydrogens (tertiary/aromatic N) is 2. The average Bonchev–Trinajstić information content (AvgIpc) is 3.38. The van der Waals surface area contributed by atoms with E-state index in [9.17, 15) is 4.79 Å². The Morgan fingerprint density at radius 3 is 2.75 bits per heavy atom. The van der Waals surface area contributed by atoms with Gasteiger partial charge in [-0.3, -0.25) is 9.36 Å². The van der Waals surface area contributed by atoms with Crippen molar-refractivity contribution < 1.29 is 14.3 Å². The van der Waals surface area contributed by atoms with Crippen molar-refractivity contribution in [2.45, 2.75) is 6.54 Å². The number of aromatic nitrogens is 2. The molecule has 0 fully saturated rings.